The fraction of sp³-hybridized carbons (Fsp3) is 0.150. The number of pyridine rings is 1. The number of carbonyl (C=O) groups excluding carboxylic acids is 2. The molecule has 0 spiro atoms. The molecule has 2 heterocycles. The van der Waals surface area contributed by atoms with Gasteiger partial charge in [-0.05, 0) is 24.3 Å². The summed E-state index contributed by atoms with van der Waals surface area (Å²) in [6.07, 6.45) is 3.24. The SMILES string of the molecule is C=CCNC(=O)c1nc(C(=O)Nc2cc(OC)ccc2OC)n2ccccc12. The van der Waals surface area contributed by atoms with Gasteiger partial charge in [0.05, 0.1) is 25.4 Å². The van der Waals surface area contributed by atoms with Crippen molar-refractivity contribution in [2.45, 2.75) is 0 Å². The van der Waals surface area contributed by atoms with Crippen LogP contribution < -0.4 is 20.1 Å². The molecule has 28 heavy (non-hydrogen) atoms. The summed E-state index contributed by atoms with van der Waals surface area (Å²) in [4.78, 5) is 29.6. The zero-order valence-electron chi connectivity index (χ0n) is 15.6. The molecule has 1 aromatic carbocycles. The van der Waals surface area contributed by atoms with E-state index in [1.807, 2.05) is 0 Å². The van der Waals surface area contributed by atoms with Gasteiger partial charge in [0.2, 0.25) is 5.82 Å². The largest absolute Gasteiger partial charge is 0.497 e. The zero-order valence-corrected chi connectivity index (χ0v) is 15.6. The first-order valence-corrected chi connectivity index (χ1v) is 8.48. The minimum atomic E-state index is -0.490. The maximum Gasteiger partial charge on any atom is 0.292 e. The lowest BCUT2D eigenvalue weighted by Crippen LogP contribution is -2.24. The van der Waals surface area contributed by atoms with Crippen LogP contribution >= 0.6 is 0 Å². The van der Waals surface area contributed by atoms with Gasteiger partial charge in [0.25, 0.3) is 11.8 Å². The monoisotopic (exact) mass is 380 g/mol. The number of hydrogen-bond donors (Lipinski definition) is 2. The van der Waals surface area contributed by atoms with Gasteiger partial charge in [0, 0.05) is 18.8 Å². The summed E-state index contributed by atoms with van der Waals surface area (Å²) in [7, 11) is 3.04. The van der Waals surface area contributed by atoms with Crippen LogP contribution in [0.25, 0.3) is 5.52 Å². The van der Waals surface area contributed by atoms with Gasteiger partial charge in [-0.25, -0.2) is 4.98 Å². The second-order valence-electron chi connectivity index (χ2n) is 5.76. The summed E-state index contributed by atoms with van der Waals surface area (Å²) in [5.74, 6) is 0.230. The highest BCUT2D eigenvalue weighted by atomic mass is 16.5. The quantitative estimate of drug-likeness (QED) is 0.614. The Balaban J connectivity index is 1.99. The second kappa shape index (κ2) is 8.26. The number of methoxy groups -OCH3 is 2. The molecule has 0 aliphatic carbocycles. The predicted molar refractivity (Wildman–Crippen MR) is 105 cm³/mol. The van der Waals surface area contributed by atoms with Crippen molar-refractivity contribution in [3.8, 4) is 11.5 Å². The number of carbonyl (C=O) groups is 2. The third-order valence-corrected chi connectivity index (χ3v) is 4.03. The van der Waals surface area contributed by atoms with Gasteiger partial charge in [0.1, 0.15) is 11.5 Å². The third-order valence-electron chi connectivity index (χ3n) is 4.03. The first-order chi connectivity index (χ1) is 13.6. The fourth-order valence-electron chi connectivity index (χ4n) is 2.70. The summed E-state index contributed by atoms with van der Waals surface area (Å²) in [6.45, 7) is 3.87. The molecule has 2 amide bonds. The number of hydrogen-bond acceptors (Lipinski definition) is 5. The van der Waals surface area contributed by atoms with E-state index >= 15 is 0 Å². The molecule has 0 radical (unpaired) electrons. The second-order valence-corrected chi connectivity index (χ2v) is 5.76. The summed E-state index contributed by atoms with van der Waals surface area (Å²) in [6, 6.07) is 10.3. The molecule has 0 atom stereocenters. The van der Waals surface area contributed by atoms with Gasteiger partial charge in [-0.3, -0.25) is 14.0 Å². The molecule has 0 aliphatic heterocycles. The molecule has 0 unspecified atom stereocenters. The zero-order chi connectivity index (χ0) is 20.1. The molecule has 2 N–H and O–H groups in total. The molecule has 8 heteroatoms. The first kappa shape index (κ1) is 19.0. The standard InChI is InChI=1S/C20H20N4O4/c1-4-10-21-19(25)17-15-7-5-6-11-24(15)18(23-17)20(26)22-14-12-13(27-2)8-9-16(14)28-3/h4-9,11-12H,1,10H2,2-3H3,(H,21,25)(H,22,26). The van der Waals surface area contributed by atoms with E-state index in [0.717, 1.165) is 0 Å². The molecule has 0 aliphatic rings. The number of anilines is 1. The number of amides is 2. The summed E-state index contributed by atoms with van der Waals surface area (Å²) >= 11 is 0. The molecular formula is C20H20N4O4. The van der Waals surface area contributed by atoms with Gasteiger partial charge < -0.3 is 20.1 Å². The Hall–Kier alpha value is -3.81. The number of benzene rings is 1. The van der Waals surface area contributed by atoms with Crippen molar-refractivity contribution >= 4 is 23.0 Å². The van der Waals surface area contributed by atoms with Crippen molar-refractivity contribution in [1.29, 1.82) is 0 Å². The smallest absolute Gasteiger partial charge is 0.292 e. The van der Waals surface area contributed by atoms with Crippen LogP contribution in [0.15, 0.2) is 55.3 Å². The van der Waals surface area contributed by atoms with Crippen LogP contribution in [0.5, 0.6) is 11.5 Å². The molecule has 0 bridgehead atoms. The van der Waals surface area contributed by atoms with Crippen molar-refractivity contribution in [2.75, 3.05) is 26.1 Å². The molecular weight excluding hydrogens is 360 g/mol. The average Bonchev–Trinajstić information content (AvgIpc) is 3.12. The van der Waals surface area contributed by atoms with Crippen LogP contribution in [-0.2, 0) is 0 Å². The first-order valence-electron chi connectivity index (χ1n) is 8.48. The lowest BCUT2D eigenvalue weighted by molar-refractivity contribution is 0.0955. The normalized spacial score (nSPS) is 10.4. The Morgan fingerprint density at radius 1 is 1.18 bits per heavy atom. The van der Waals surface area contributed by atoms with E-state index < -0.39 is 5.91 Å². The molecule has 144 valence electrons. The number of imidazole rings is 1. The molecule has 3 rings (SSSR count). The maximum absolute atomic E-state index is 12.9. The van der Waals surface area contributed by atoms with E-state index in [1.165, 1.54) is 14.2 Å². The number of ether oxygens (including phenoxy) is 2. The van der Waals surface area contributed by atoms with Gasteiger partial charge in [-0.2, -0.15) is 0 Å². The minimum absolute atomic E-state index is 0.0734. The molecule has 2 aromatic heterocycles. The number of fused-ring (bicyclic) bond motifs is 1. The van der Waals surface area contributed by atoms with E-state index in [1.54, 1.807) is 53.1 Å². The van der Waals surface area contributed by atoms with Crippen LogP contribution in [0.1, 0.15) is 21.1 Å². The highest BCUT2D eigenvalue weighted by Crippen LogP contribution is 2.29. The highest BCUT2D eigenvalue weighted by Gasteiger charge is 2.22. The number of nitrogens with one attached hydrogen (secondary N) is 2. The van der Waals surface area contributed by atoms with Crippen LogP contribution in [0, 0.1) is 0 Å². The van der Waals surface area contributed by atoms with Crippen LogP contribution in [0.3, 0.4) is 0 Å². The van der Waals surface area contributed by atoms with Crippen molar-refractivity contribution in [1.82, 2.24) is 14.7 Å². The van der Waals surface area contributed by atoms with Crippen molar-refractivity contribution < 1.29 is 19.1 Å². The Labute approximate surface area is 161 Å². The Bertz CT molecular complexity index is 1040. The fourth-order valence-corrected chi connectivity index (χ4v) is 2.70. The van der Waals surface area contributed by atoms with E-state index in [0.29, 0.717) is 29.2 Å². The average molecular weight is 380 g/mol. The molecule has 0 fully saturated rings. The van der Waals surface area contributed by atoms with Gasteiger partial charge >= 0.3 is 0 Å². The lowest BCUT2D eigenvalue weighted by Gasteiger charge is -2.11. The van der Waals surface area contributed by atoms with Crippen LogP contribution in [-0.4, -0.2) is 42.0 Å². The summed E-state index contributed by atoms with van der Waals surface area (Å²) < 4.78 is 12.0. The topological polar surface area (TPSA) is 94.0 Å². The van der Waals surface area contributed by atoms with Gasteiger partial charge in [-0.1, -0.05) is 12.1 Å². The van der Waals surface area contributed by atoms with Gasteiger partial charge in [0.15, 0.2) is 5.69 Å². The molecule has 0 saturated carbocycles. The molecule has 0 saturated heterocycles. The van der Waals surface area contributed by atoms with Crippen molar-refractivity contribution in [2.24, 2.45) is 0 Å². The summed E-state index contributed by atoms with van der Waals surface area (Å²) in [5.41, 5.74) is 1.11. The third kappa shape index (κ3) is 3.66. The van der Waals surface area contributed by atoms with Gasteiger partial charge in [-0.15, -0.1) is 6.58 Å². The Kier molecular flexibility index (Phi) is 5.59. The predicted octanol–water partition coefficient (Wildman–Crippen LogP) is 2.52. The van der Waals surface area contributed by atoms with Crippen molar-refractivity contribution in [3.63, 3.8) is 0 Å². The van der Waals surface area contributed by atoms with E-state index in [2.05, 4.69) is 22.2 Å². The van der Waals surface area contributed by atoms with Crippen LogP contribution in [0.4, 0.5) is 5.69 Å². The van der Waals surface area contributed by atoms with E-state index in [-0.39, 0.29) is 17.4 Å². The van der Waals surface area contributed by atoms with Crippen molar-refractivity contribution in [3.05, 3.63) is 66.8 Å². The maximum atomic E-state index is 12.9. The minimum Gasteiger partial charge on any atom is -0.497 e. The Morgan fingerprint density at radius 3 is 2.71 bits per heavy atom. The van der Waals surface area contributed by atoms with E-state index in [9.17, 15) is 9.59 Å². The number of rotatable bonds is 7. The molecule has 3 aromatic rings. The number of aromatic nitrogens is 2. The molecule has 8 nitrogen and oxygen atoms in total. The lowest BCUT2D eigenvalue weighted by atomic mass is 10.2. The Morgan fingerprint density at radius 2 is 2.00 bits per heavy atom. The van der Waals surface area contributed by atoms with E-state index in [4.69, 9.17) is 9.47 Å². The number of nitrogens with zero attached hydrogens (tertiary/aromatic N) is 2. The summed E-state index contributed by atoms with van der Waals surface area (Å²) in [5, 5.41) is 5.44. The van der Waals surface area contributed by atoms with Crippen LogP contribution in [0.2, 0.25) is 0 Å². The highest BCUT2D eigenvalue weighted by molar-refractivity contribution is 6.06.